The molecule has 4 fully saturated rings. The Labute approximate surface area is 142 Å². The number of carbonyl (C=O) groups is 1. The van der Waals surface area contributed by atoms with E-state index < -0.39 is 0 Å². The molecule has 0 radical (unpaired) electrons. The minimum absolute atomic E-state index is 0.0572. The molecular formula is C21H36O2. The third-order valence-corrected chi connectivity index (χ3v) is 7.93. The topological polar surface area (TPSA) is 26.3 Å². The first-order chi connectivity index (χ1) is 10.6. The summed E-state index contributed by atoms with van der Waals surface area (Å²) >= 11 is 0. The summed E-state index contributed by atoms with van der Waals surface area (Å²) in [5.74, 6) is 3.09. The molecule has 0 saturated heterocycles. The molecular weight excluding hydrogens is 284 g/mol. The van der Waals surface area contributed by atoms with Gasteiger partial charge in [-0.1, -0.05) is 34.1 Å². The van der Waals surface area contributed by atoms with Crippen molar-refractivity contribution in [3.63, 3.8) is 0 Å². The number of carbonyl (C=O) groups excluding carboxylic acids is 1. The van der Waals surface area contributed by atoms with E-state index >= 15 is 0 Å². The summed E-state index contributed by atoms with van der Waals surface area (Å²) in [6.45, 7) is 13.1. The van der Waals surface area contributed by atoms with Gasteiger partial charge in [-0.3, -0.25) is 4.79 Å². The van der Waals surface area contributed by atoms with Gasteiger partial charge >= 0.3 is 5.97 Å². The Morgan fingerprint density at radius 2 is 1.48 bits per heavy atom. The molecule has 0 aromatic rings. The van der Waals surface area contributed by atoms with Crippen LogP contribution in [0.5, 0.6) is 0 Å². The first-order valence-corrected chi connectivity index (χ1v) is 9.83. The lowest BCUT2D eigenvalue weighted by atomic mass is 9.50. The molecule has 0 heterocycles. The van der Waals surface area contributed by atoms with Gasteiger partial charge in [0.2, 0.25) is 0 Å². The molecule has 2 nitrogen and oxygen atoms in total. The van der Waals surface area contributed by atoms with E-state index in [4.69, 9.17) is 4.74 Å². The first-order valence-electron chi connectivity index (χ1n) is 9.83. The van der Waals surface area contributed by atoms with Crippen LogP contribution >= 0.6 is 0 Å². The molecule has 0 amide bonds. The highest BCUT2D eigenvalue weighted by Crippen LogP contribution is 2.60. The summed E-state index contributed by atoms with van der Waals surface area (Å²) in [6.07, 6.45) is 8.52. The van der Waals surface area contributed by atoms with Gasteiger partial charge in [-0.25, -0.2) is 0 Å². The molecule has 4 saturated carbocycles. The number of rotatable bonds is 4. The highest BCUT2D eigenvalue weighted by molar-refractivity contribution is 5.78. The Bertz CT molecular complexity index is 445. The molecule has 0 N–H and O–H groups in total. The molecule has 4 aliphatic rings. The van der Waals surface area contributed by atoms with Crippen molar-refractivity contribution in [2.24, 2.45) is 34.5 Å². The van der Waals surface area contributed by atoms with Crippen LogP contribution in [0, 0.1) is 34.5 Å². The summed E-state index contributed by atoms with van der Waals surface area (Å²) in [5.41, 5.74) is -0.660. The first kappa shape index (κ1) is 17.3. The van der Waals surface area contributed by atoms with Crippen molar-refractivity contribution in [2.75, 3.05) is 0 Å². The van der Waals surface area contributed by atoms with Crippen molar-refractivity contribution in [2.45, 2.75) is 92.1 Å². The lowest BCUT2D eigenvalue weighted by Crippen LogP contribution is -2.59. The van der Waals surface area contributed by atoms with E-state index in [2.05, 4.69) is 41.5 Å². The van der Waals surface area contributed by atoms with Gasteiger partial charge in [0.25, 0.3) is 0 Å². The Kier molecular flexibility index (Phi) is 4.13. The zero-order valence-corrected chi connectivity index (χ0v) is 16.1. The quantitative estimate of drug-likeness (QED) is 0.630. The molecule has 1 atom stereocenters. The number of hydrogen-bond donors (Lipinski definition) is 0. The second-order valence-electron chi connectivity index (χ2n) is 10.2. The van der Waals surface area contributed by atoms with Crippen molar-refractivity contribution in [1.29, 1.82) is 0 Å². The van der Waals surface area contributed by atoms with Crippen LogP contribution in [-0.4, -0.2) is 11.6 Å². The average Bonchev–Trinajstić information content (AvgIpc) is 2.43. The highest BCUT2D eigenvalue weighted by atomic mass is 16.6. The van der Waals surface area contributed by atoms with Gasteiger partial charge < -0.3 is 4.74 Å². The summed E-state index contributed by atoms with van der Waals surface area (Å²) < 4.78 is 6.42. The standard InChI is InChI=1S/C21H36O2/c1-7-8-20(5,19(2,3)4)18(22)23-21(6)16-10-14-9-15(12-16)13-17(21)11-14/h14-17H,7-13H2,1-6H3. The van der Waals surface area contributed by atoms with E-state index in [0.29, 0.717) is 11.8 Å². The van der Waals surface area contributed by atoms with Gasteiger partial charge in [-0.15, -0.1) is 0 Å². The normalized spacial score (nSPS) is 41.7. The van der Waals surface area contributed by atoms with Crippen LogP contribution in [0.1, 0.15) is 86.5 Å². The highest BCUT2D eigenvalue weighted by Gasteiger charge is 2.58. The Morgan fingerprint density at radius 1 is 1.00 bits per heavy atom. The van der Waals surface area contributed by atoms with E-state index in [9.17, 15) is 4.79 Å². The lowest BCUT2D eigenvalue weighted by molar-refractivity contribution is -0.217. The van der Waals surface area contributed by atoms with E-state index in [1.54, 1.807) is 0 Å². The van der Waals surface area contributed by atoms with E-state index in [-0.39, 0.29) is 22.4 Å². The van der Waals surface area contributed by atoms with Crippen molar-refractivity contribution in [3.8, 4) is 0 Å². The molecule has 1 unspecified atom stereocenters. The van der Waals surface area contributed by atoms with Gasteiger partial charge in [0.15, 0.2) is 0 Å². The fourth-order valence-electron chi connectivity index (χ4n) is 5.88. The largest absolute Gasteiger partial charge is 0.458 e. The van der Waals surface area contributed by atoms with Crippen LogP contribution in [0.25, 0.3) is 0 Å². The van der Waals surface area contributed by atoms with E-state index in [0.717, 1.165) is 24.7 Å². The molecule has 0 aromatic heterocycles. The van der Waals surface area contributed by atoms with Gasteiger partial charge in [0.1, 0.15) is 5.60 Å². The van der Waals surface area contributed by atoms with Crippen LogP contribution < -0.4 is 0 Å². The van der Waals surface area contributed by atoms with Crippen LogP contribution in [0.4, 0.5) is 0 Å². The van der Waals surface area contributed by atoms with Crippen molar-refractivity contribution in [1.82, 2.24) is 0 Å². The van der Waals surface area contributed by atoms with Crippen LogP contribution in [0.15, 0.2) is 0 Å². The predicted molar refractivity (Wildman–Crippen MR) is 94.0 cm³/mol. The Morgan fingerprint density at radius 3 is 1.87 bits per heavy atom. The second kappa shape index (κ2) is 5.49. The fraction of sp³-hybridized carbons (Fsp3) is 0.952. The third-order valence-electron chi connectivity index (χ3n) is 7.93. The van der Waals surface area contributed by atoms with Gasteiger partial charge in [-0.2, -0.15) is 0 Å². The molecule has 132 valence electrons. The lowest BCUT2D eigenvalue weighted by Gasteiger charge is -2.59. The second-order valence-corrected chi connectivity index (χ2v) is 10.2. The molecule has 0 aromatic carbocycles. The maximum Gasteiger partial charge on any atom is 0.312 e. The molecule has 0 aliphatic heterocycles. The van der Waals surface area contributed by atoms with Crippen LogP contribution in [0.3, 0.4) is 0 Å². The van der Waals surface area contributed by atoms with E-state index in [1.165, 1.54) is 32.1 Å². The predicted octanol–water partition coefficient (Wildman–Crippen LogP) is 5.60. The minimum atomic E-state index is -0.389. The summed E-state index contributed by atoms with van der Waals surface area (Å²) in [6, 6.07) is 0. The Balaban J connectivity index is 1.81. The monoisotopic (exact) mass is 320 g/mol. The van der Waals surface area contributed by atoms with E-state index in [1.807, 2.05) is 0 Å². The molecule has 4 bridgehead atoms. The minimum Gasteiger partial charge on any atom is -0.458 e. The summed E-state index contributed by atoms with van der Waals surface area (Å²) in [7, 11) is 0. The molecule has 2 heteroatoms. The molecule has 0 spiro atoms. The molecule has 23 heavy (non-hydrogen) atoms. The van der Waals surface area contributed by atoms with Crippen LogP contribution in [-0.2, 0) is 9.53 Å². The smallest absolute Gasteiger partial charge is 0.312 e. The summed E-state index contributed by atoms with van der Waals surface area (Å²) in [4.78, 5) is 13.3. The molecule has 4 aliphatic carbocycles. The number of hydrogen-bond acceptors (Lipinski definition) is 2. The van der Waals surface area contributed by atoms with Gasteiger partial charge in [-0.05, 0) is 81.5 Å². The zero-order valence-electron chi connectivity index (χ0n) is 16.1. The van der Waals surface area contributed by atoms with Crippen molar-refractivity contribution in [3.05, 3.63) is 0 Å². The maximum absolute atomic E-state index is 13.3. The average molecular weight is 321 g/mol. The maximum atomic E-state index is 13.3. The zero-order chi connectivity index (χ0) is 17.0. The van der Waals surface area contributed by atoms with Gasteiger partial charge in [0.05, 0.1) is 5.41 Å². The number of ether oxygens (including phenoxy) is 1. The summed E-state index contributed by atoms with van der Waals surface area (Å²) in [5, 5.41) is 0. The fourth-order valence-corrected chi connectivity index (χ4v) is 5.88. The molecule has 4 rings (SSSR count). The third kappa shape index (κ3) is 2.65. The number of esters is 1. The van der Waals surface area contributed by atoms with Crippen LogP contribution in [0.2, 0.25) is 0 Å². The van der Waals surface area contributed by atoms with Crippen molar-refractivity contribution < 1.29 is 9.53 Å². The Hall–Kier alpha value is -0.530. The SMILES string of the molecule is CCCC(C)(C(=O)OC1(C)C2CC3CC(C2)CC1C3)C(C)(C)C. The van der Waals surface area contributed by atoms with Gasteiger partial charge in [0, 0.05) is 0 Å². The van der Waals surface area contributed by atoms with Crippen molar-refractivity contribution >= 4 is 5.97 Å².